The number of carbonyl (C=O) groups is 1. The normalized spacial score (nSPS) is 12.0. The van der Waals surface area contributed by atoms with Crippen molar-refractivity contribution in [2.45, 2.75) is 18.9 Å². The Morgan fingerprint density at radius 2 is 1.82 bits per heavy atom. The predicted octanol–water partition coefficient (Wildman–Crippen LogP) is 4.54. The van der Waals surface area contributed by atoms with Crippen molar-refractivity contribution in [1.82, 2.24) is 15.3 Å². The van der Waals surface area contributed by atoms with Gasteiger partial charge in [0.05, 0.1) is 12.2 Å². The number of nitrogens with one attached hydrogen (secondary N) is 2. The zero-order valence-corrected chi connectivity index (χ0v) is 15.2. The lowest BCUT2D eigenvalue weighted by atomic mass is 9.88. The summed E-state index contributed by atoms with van der Waals surface area (Å²) in [5.41, 5.74) is 3.74. The molecule has 0 bridgehead atoms. The third-order valence-corrected chi connectivity index (χ3v) is 4.85. The first kappa shape index (κ1) is 17.9. The molecule has 1 amide bonds. The second-order valence-electron chi connectivity index (χ2n) is 6.70. The first-order valence-electron chi connectivity index (χ1n) is 9.19. The molecule has 0 spiro atoms. The van der Waals surface area contributed by atoms with Crippen LogP contribution in [0.25, 0.3) is 10.9 Å². The Balaban J connectivity index is 1.60. The number of halogens is 1. The molecule has 28 heavy (non-hydrogen) atoms. The number of pyridine rings is 1. The molecule has 2 aromatic heterocycles. The highest BCUT2D eigenvalue weighted by Gasteiger charge is 2.21. The minimum atomic E-state index is -0.291. The molecule has 0 aliphatic heterocycles. The molecule has 4 aromatic rings. The van der Waals surface area contributed by atoms with Crippen LogP contribution in [0.15, 0.2) is 79.1 Å². The van der Waals surface area contributed by atoms with Crippen molar-refractivity contribution < 1.29 is 9.18 Å². The van der Waals surface area contributed by atoms with Gasteiger partial charge in [0.25, 0.3) is 0 Å². The summed E-state index contributed by atoms with van der Waals surface area (Å²) < 4.78 is 13.4. The van der Waals surface area contributed by atoms with Gasteiger partial charge in [0.15, 0.2) is 0 Å². The van der Waals surface area contributed by atoms with E-state index in [0.29, 0.717) is 6.54 Å². The molecule has 2 heterocycles. The molecule has 4 nitrogen and oxygen atoms in total. The molecule has 0 aliphatic carbocycles. The van der Waals surface area contributed by atoms with Crippen molar-refractivity contribution in [2.75, 3.05) is 0 Å². The zero-order chi connectivity index (χ0) is 19.3. The molecule has 0 aliphatic rings. The molecule has 2 aromatic carbocycles. The van der Waals surface area contributed by atoms with Crippen LogP contribution in [-0.4, -0.2) is 15.9 Å². The van der Waals surface area contributed by atoms with Crippen molar-refractivity contribution >= 4 is 16.8 Å². The Bertz CT molecular complexity index is 1070. The number of aromatic nitrogens is 2. The summed E-state index contributed by atoms with van der Waals surface area (Å²) in [6.45, 7) is 0.379. The Morgan fingerprint density at radius 1 is 1.04 bits per heavy atom. The van der Waals surface area contributed by atoms with Crippen LogP contribution < -0.4 is 5.32 Å². The molecule has 0 saturated carbocycles. The van der Waals surface area contributed by atoms with E-state index in [4.69, 9.17) is 0 Å². The number of benzene rings is 2. The molecule has 2 N–H and O–H groups in total. The molecule has 5 heteroatoms. The van der Waals surface area contributed by atoms with Gasteiger partial charge in [0, 0.05) is 35.6 Å². The van der Waals surface area contributed by atoms with Crippen molar-refractivity contribution in [3.8, 4) is 0 Å². The van der Waals surface area contributed by atoms with E-state index in [1.165, 1.54) is 12.1 Å². The quantitative estimate of drug-likeness (QED) is 0.521. The lowest BCUT2D eigenvalue weighted by Gasteiger charge is -2.17. The van der Waals surface area contributed by atoms with Crippen LogP contribution in [0.1, 0.15) is 29.2 Å². The third kappa shape index (κ3) is 3.93. The fourth-order valence-electron chi connectivity index (χ4n) is 3.43. The number of H-pyrrole nitrogens is 1. The molecule has 0 radical (unpaired) electrons. The second kappa shape index (κ2) is 8.05. The molecule has 4 rings (SSSR count). The van der Waals surface area contributed by atoms with Crippen LogP contribution >= 0.6 is 0 Å². The highest BCUT2D eigenvalue weighted by Crippen LogP contribution is 2.33. The molecular weight excluding hydrogens is 353 g/mol. The van der Waals surface area contributed by atoms with Gasteiger partial charge in [-0.05, 0) is 41.5 Å². The van der Waals surface area contributed by atoms with Gasteiger partial charge in [0.2, 0.25) is 5.91 Å². The van der Waals surface area contributed by atoms with Crippen LogP contribution in [0, 0.1) is 5.82 Å². The summed E-state index contributed by atoms with van der Waals surface area (Å²) in [5.74, 6) is -0.549. The van der Waals surface area contributed by atoms with E-state index >= 15 is 0 Å². The van der Waals surface area contributed by atoms with Gasteiger partial charge in [-0.2, -0.15) is 0 Å². The Morgan fingerprint density at radius 3 is 2.61 bits per heavy atom. The minimum absolute atomic E-state index is 0.0785. The van der Waals surface area contributed by atoms with Gasteiger partial charge < -0.3 is 10.3 Å². The van der Waals surface area contributed by atoms with Gasteiger partial charge in [-0.15, -0.1) is 0 Å². The van der Waals surface area contributed by atoms with Crippen molar-refractivity contribution in [2.24, 2.45) is 0 Å². The van der Waals surface area contributed by atoms with E-state index < -0.39 is 0 Å². The molecule has 1 unspecified atom stereocenters. The van der Waals surface area contributed by atoms with Gasteiger partial charge in [0.1, 0.15) is 5.82 Å². The number of nitrogens with zero attached hydrogens (tertiary/aromatic N) is 1. The van der Waals surface area contributed by atoms with E-state index in [-0.39, 0.29) is 24.1 Å². The standard InChI is InChI=1S/C23H20FN3O/c24-17-10-8-16(9-11-17)20(21-15-26-22-7-2-1-6-19(21)22)13-23(28)27-14-18-5-3-4-12-25-18/h1-12,15,20,26H,13-14H2,(H,27,28). The van der Waals surface area contributed by atoms with Crippen molar-refractivity contribution in [1.29, 1.82) is 0 Å². The van der Waals surface area contributed by atoms with Crippen molar-refractivity contribution in [3.05, 3.63) is 102 Å². The summed E-state index contributed by atoms with van der Waals surface area (Å²) >= 11 is 0. The van der Waals surface area contributed by atoms with Crippen LogP contribution in [0.3, 0.4) is 0 Å². The van der Waals surface area contributed by atoms with E-state index in [9.17, 15) is 9.18 Å². The molecule has 0 saturated heterocycles. The number of hydrogen-bond acceptors (Lipinski definition) is 2. The van der Waals surface area contributed by atoms with E-state index in [2.05, 4.69) is 15.3 Å². The number of carbonyl (C=O) groups excluding carboxylic acids is 1. The summed E-state index contributed by atoms with van der Waals surface area (Å²) in [7, 11) is 0. The number of aromatic amines is 1. The van der Waals surface area contributed by atoms with Crippen LogP contribution in [0.5, 0.6) is 0 Å². The summed E-state index contributed by atoms with van der Waals surface area (Å²) in [4.78, 5) is 20.2. The van der Waals surface area contributed by atoms with E-state index in [1.54, 1.807) is 18.3 Å². The Labute approximate surface area is 162 Å². The molecule has 140 valence electrons. The predicted molar refractivity (Wildman–Crippen MR) is 107 cm³/mol. The van der Waals surface area contributed by atoms with E-state index in [0.717, 1.165) is 27.7 Å². The lowest BCUT2D eigenvalue weighted by molar-refractivity contribution is -0.121. The first-order valence-corrected chi connectivity index (χ1v) is 9.19. The van der Waals surface area contributed by atoms with E-state index in [1.807, 2.05) is 48.7 Å². The minimum Gasteiger partial charge on any atom is -0.361 e. The first-order chi connectivity index (χ1) is 13.7. The number of para-hydroxylation sites is 1. The number of hydrogen-bond donors (Lipinski definition) is 2. The fourth-order valence-corrected chi connectivity index (χ4v) is 3.43. The third-order valence-electron chi connectivity index (χ3n) is 4.85. The summed E-state index contributed by atoms with van der Waals surface area (Å²) in [6.07, 6.45) is 3.90. The van der Waals surface area contributed by atoms with Crippen molar-refractivity contribution in [3.63, 3.8) is 0 Å². The molecular formula is C23H20FN3O. The number of fused-ring (bicyclic) bond motifs is 1. The number of amides is 1. The SMILES string of the molecule is O=C(CC(c1ccc(F)cc1)c1c[nH]c2ccccc12)NCc1ccccn1. The van der Waals surface area contributed by atoms with Gasteiger partial charge in [-0.25, -0.2) is 4.39 Å². The smallest absolute Gasteiger partial charge is 0.221 e. The Hall–Kier alpha value is -3.47. The second-order valence-corrected chi connectivity index (χ2v) is 6.70. The largest absolute Gasteiger partial charge is 0.361 e. The molecule has 0 fully saturated rings. The maximum atomic E-state index is 13.4. The topological polar surface area (TPSA) is 57.8 Å². The summed E-state index contributed by atoms with van der Waals surface area (Å²) in [5, 5.41) is 4.00. The lowest BCUT2D eigenvalue weighted by Crippen LogP contribution is -2.25. The fraction of sp³-hybridized carbons (Fsp3) is 0.130. The maximum absolute atomic E-state index is 13.4. The van der Waals surface area contributed by atoms with Crippen LogP contribution in [0.2, 0.25) is 0 Å². The van der Waals surface area contributed by atoms with Gasteiger partial charge in [-0.3, -0.25) is 9.78 Å². The zero-order valence-electron chi connectivity index (χ0n) is 15.2. The highest BCUT2D eigenvalue weighted by atomic mass is 19.1. The highest BCUT2D eigenvalue weighted by molar-refractivity contribution is 5.86. The average molecular weight is 373 g/mol. The van der Waals surface area contributed by atoms with Crippen LogP contribution in [-0.2, 0) is 11.3 Å². The number of rotatable bonds is 6. The average Bonchev–Trinajstić information content (AvgIpc) is 3.16. The molecule has 1 atom stereocenters. The maximum Gasteiger partial charge on any atom is 0.221 e. The monoisotopic (exact) mass is 373 g/mol. The van der Waals surface area contributed by atoms with Gasteiger partial charge >= 0.3 is 0 Å². The van der Waals surface area contributed by atoms with Gasteiger partial charge in [-0.1, -0.05) is 36.4 Å². The Kier molecular flexibility index (Phi) is 5.15. The summed E-state index contributed by atoms with van der Waals surface area (Å²) in [6, 6.07) is 19.9. The van der Waals surface area contributed by atoms with Crippen LogP contribution in [0.4, 0.5) is 4.39 Å².